The number of rotatable bonds is 3. The molecule has 2 aliphatic rings. The van der Waals surface area contributed by atoms with Gasteiger partial charge in [-0.1, -0.05) is 0 Å². The van der Waals surface area contributed by atoms with Crippen LogP contribution in [0.25, 0.3) is 0 Å². The summed E-state index contributed by atoms with van der Waals surface area (Å²) >= 11 is 1.54. The third-order valence-electron chi connectivity index (χ3n) is 4.03. The SMILES string of the molecule is Cc1ccc(N2CCN(c3nc(C4CC4)ns3)CC2)nn1. The Morgan fingerprint density at radius 3 is 2.48 bits per heavy atom. The monoisotopic (exact) mass is 302 g/mol. The zero-order valence-corrected chi connectivity index (χ0v) is 12.9. The van der Waals surface area contributed by atoms with Crippen molar-refractivity contribution in [3.63, 3.8) is 0 Å². The molecular formula is C14H18N6S. The number of nitrogens with zero attached hydrogens (tertiary/aromatic N) is 6. The van der Waals surface area contributed by atoms with Crippen molar-refractivity contribution in [2.24, 2.45) is 0 Å². The van der Waals surface area contributed by atoms with Crippen molar-refractivity contribution in [1.82, 2.24) is 19.6 Å². The number of aromatic nitrogens is 4. The lowest BCUT2D eigenvalue weighted by atomic mass is 10.3. The Labute approximate surface area is 128 Å². The predicted molar refractivity (Wildman–Crippen MR) is 83.1 cm³/mol. The van der Waals surface area contributed by atoms with E-state index < -0.39 is 0 Å². The van der Waals surface area contributed by atoms with Gasteiger partial charge in [-0.15, -0.1) is 5.10 Å². The van der Waals surface area contributed by atoms with Gasteiger partial charge < -0.3 is 9.80 Å². The molecule has 1 aliphatic carbocycles. The van der Waals surface area contributed by atoms with Crippen LogP contribution in [0.2, 0.25) is 0 Å². The van der Waals surface area contributed by atoms with E-state index in [1.165, 1.54) is 12.8 Å². The lowest BCUT2D eigenvalue weighted by Gasteiger charge is -2.34. The maximum Gasteiger partial charge on any atom is 0.205 e. The fraction of sp³-hybridized carbons (Fsp3) is 0.571. The molecule has 0 unspecified atom stereocenters. The fourth-order valence-corrected chi connectivity index (χ4v) is 3.35. The summed E-state index contributed by atoms with van der Waals surface area (Å²) in [5.41, 5.74) is 0.957. The predicted octanol–water partition coefficient (Wildman–Crippen LogP) is 1.84. The minimum absolute atomic E-state index is 0.638. The van der Waals surface area contributed by atoms with Gasteiger partial charge in [-0.3, -0.25) is 0 Å². The van der Waals surface area contributed by atoms with Crippen molar-refractivity contribution in [3.05, 3.63) is 23.7 Å². The molecule has 0 bridgehead atoms. The van der Waals surface area contributed by atoms with E-state index in [1.54, 1.807) is 11.5 Å². The molecule has 110 valence electrons. The molecule has 0 atom stereocenters. The van der Waals surface area contributed by atoms with Crippen molar-refractivity contribution in [1.29, 1.82) is 0 Å². The quantitative estimate of drug-likeness (QED) is 0.862. The maximum atomic E-state index is 4.69. The number of aryl methyl sites for hydroxylation is 1. The molecule has 4 rings (SSSR count). The summed E-state index contributed by atoms with van der Waals surface area (Å²) in [6.07, 6.45) is 2.52. The number of piperazine rings is 1. The smallest absolute Gasteiger partial charge is 0.205 e. The molecule has 2 fully saturated rings. The van der Waals surface area contributed by atoms with E-state index in [4.69, 9.17) is 4.98 Å². The van der Waals surface area contributed by atoms with Crippen LogP contribution in [0, 0.1) is 6.92 Å². The van der Waals surface area contributed by atoms with E-state index in [1.807, 2.05) is 19.1 Å². The zero-order chi connectivity index (χ0) is 14.2. The Morgan fingerprint density at radius 1 is 1.05 bits per heavy atom. The summed E-state index contributed by atoms with van der Waals surface area (Å²) in [6.45, 7) is 5.80. The molecule has 1 saturated carbocycles. The topological polar surface area (TPSA) is 58.0 Å². The summed E-state index contributed by atoms with van der Waals surface area (Å²) < 4.78 is 4.49. The van der Waals surface area contributed by atoms with Gasteiger partial charge >= 0.3 is 0 Å². The van der Waals surface area contributed by atoms with Crippen LogP contribution in [-0.4, -0.2) is 45.7 Å². The van der Waals surface area contributed by atoms with Crippen LogP contribution in [0.1, 0.15) is 30.3 Å². The van der Waals surface area contributed by atoms with Crippen molar-refractivity contribution < 1.29 is 0 Å². The van der Waals surface area contributed by atoms with E-state index in [0.29, 0.717) is 5.92 Å². The molecule has 0 radical (unpaired) electrons. The van der Waals surface area contributed by atoms with E-state index in [2.05, 4.69) is 24.4 Å². The second kappa shape index (κ2) is 5.22. The molecule has 1 aliphatic heterocycles. The molecular weight excluding hydrogens is 284 g/mol. The molecule has 0 amide bonds. The van der Waals surface area contributed by atoms with E-state index in [9.17, 15) is 0 Å². The van der Waals surface area contributed by atoms with E-state index in [0.717, 1.165) is 48.6 Å². The summed E-state index contributed by atoms with van der Waals surface area (Å²) in [5.74, 6) is 2.66. The van der Waals surface area contributed by atoms with Crippen LogP contribution in [0.4, 0.5) is 10.9 Å². The van der Waals surface area contributed by atoms with Crippen molar-refractivity contribution >= 4 is 22.5 Å². The summed E-state index contributed by atoms with van der Waals surface area (Å²) in [5, 5.41) is 9.48. The first-order chi connectivity index (χ1) is 10.3. The highest BCUT2D eigenvalue weighted by molar-refractivity contribution is 7.09. The molecule has 21 heavy (non-hydrogen) atoms. The Kier molecular flexibility index (Phi) is 3.21. The Hall–Kier alpha value is -1.76. The number of hydrogen-bond acceptors (Lipinski definition) is 7. The minimum atomic E-state index is 0.638. The minimum Gasteiger partial charge on any atom is -0.352 e. The van der Waals surface area contributed by atoms with E-state index >= 15 is 0 Å². The maximum absolute atomic E-state index is 4.69. The number of anilines is 2. The van der Waals surface area contributed by atoms with Crippen LogP contribution < -0.4 is 9.80 Å². The molecule has 2 aromatic heterocycles. The third-order valence-corrected chi connectivity index (χ3v) is 4.82. The summed E-state index contributed by atoms with van der Waals surface area (Å²) in [7, 11) is 0. The first kappa shape index (κ1) is 12.9. The highest BCUT2D eigenvalue weighted by atomic mass is 32.1. The van der Waals surface area contributed by atoms with Gasteiger partial charge in [-0.2, -0.15) is 9.47 Å². The average molecular weight is 302 g/mol. The first-order valence-electron chi connectivity index (χ1n) is 7.43. The van der Waals surface area contributed by atoms with Crippen LogP contribution in [0.5, 0.6) is 0 Å². The van der Waals surface area contributed by atoms with Crippen LogP contribution in [-0.2, 0) is 0 Å². The van der Waals surface area contributed by atoms with Gasteiger partial charge in [0.15, 0.2) is 5.82 Å². The summed E-state index contributed by atoms with van der Waals surface area (Å²) in [6, 6.07) is 4.06. The van der Waals surface area contributed by atoms with Crippen LogP contribution in [0.3, 0.4) is 0 Å². The van der Waals surface area contributed by atoms with Gasteiger partial charge in [0.25, 0.3) is 0 Å². The molecule has 0 N–H and O–H groups in total. The van der Waals surface area contributed by atoms with Gasteiger partial charge in [0.1, 0.15) is 5.82 Å². The normalized spacial score (nSPS) is 19.1. The van der Waals surface area contributed by atoms with Crippen molar-refractivity contribution in [2.75, 3.05) is 36.0 Å². The highest BCUT2D eigenvalue weighted by Crippen LogP contribution is 2.39. The van der Waals surface area contributed by atoms with E-state index in [-0.39, 0.29) is 0 Å². The molecule has 6 nitrogen and oxygen atoms in total. The molecule has 0 spiro atoms. The van der Waals surface area contributed by atoms with Gasteiger partial charge in [-0.25, -0.2) is 4.98 Å². The Balaban J connectivity index is 1.40. The molecule has 1 saturated heterocycles. The molecule has 7 heteroatoms. The Bertz CT molecular complexity index is 613. The van der Waals surface area contributed by atoms with Gasteiger partial charge in [0.2, 0.25) is 5.13 Å². The highest BCUT2D eigenvalue weighted by Gasteiger charge is 2.29. The average Bonchev–Trinajstić information content (AvgIpc) is 3.26. The van der Waals surface area contributed by atoms with Crippen molar-refractivity contribution in [3.8, 4) is 0 Å². The standard InChI is InChI=1S/C14H18N6S/c1-10-2-5-12(17-16-10)19-6-8-20(9-7-19)14-15-13(18-21-14)11-3-4-11/h2,5,11H,3-4,6-9H2,1H3. The van der Waals surface area contributed by atoms with Crippen LogP contribution in [0.15, 0.2) is 12.1 Å². The third kappa shape index (κ3) is 2.70. The fourth-order valence-electron chi connectivity index (χ4n) is 2.55. The lowest BCUT2D eigenvalue weighted by Crippen LogP contribution is -2.46. The second-order valence-electron chi connectivity index (χ2n) is 5.72. The molecule has 3 heterocycles. The number of hydrogen-bond donors (Lipinski definition) is 0. The van der Waals surface area contributed by atoms with Gasteiger partial charge in [-0.05, 0) is 31.9 Å². The Morgan fingerprint density at radius 2 is 1.81 bits per heavy atom. The van der Waals surface area contributed by atoms with Crippen LogP contribution >= 0.6 is 11.5 Å². The summed E-state index contributed by atoms with van der Waals surface area (Å²) in [4.78, 5) is 9.31. The molecule has 2 aromatic rings. The first-order valence-corrected chi connectivity index (χ1v) is 8.21. The lowest BCUT2D eigenvalue weighted by molar-refractivity contribution is 0.641. The largest absolute Gasteiger partial charge is 0.352 e. The molecule has 0 aromatic carbocycles. The zero-order valence-electron chi connectivity index (χ0n) is 12.1. The second-order valence-corrected chi connectivity index (χ2v) is 6.45. The van der Waals surface area contributed by atoms with Gasteiger partial charge in [0.05, 0.1) is 5.69 Å². The van der Waals surface area contributed by atoms with Gasteiger partial charge in [0, 0.05) is 43.6 Å². The van der Waals surface area contributed by atoms with Crippen molar-refractivity contribution in [2.45, 2.75) is 25.7 Å².